The lowest BCUT2D eigenvalue weighted by molar-refractivity contribution is -0.115. The van der Waals surface area contributed by atoms with E-state index in [1.807, 2.05) is 61.6 Å². The number of benzene rings is 1. The average Bonchev–Trinajstić information content (AvgIpc) is 3.24. The molecule has 138 valence electrons. The molecule has 1 aromatic carbocycles. The summed E-state index contributed by atoms with van der Waals surface area (Å²) in [5, 5.41) is 12.0. The molecular formula is C20H20N4O2S. The molecule has 1 atom stereocenters. The number of furan rings is 1. The van der Waals surface area contributed by atoms with Gasteiger partial charge in [0.05, 0.1) is 22.5 Å². The first-order valence-electron chi connectivity index (χ1n) is 8.83. The standard InChI is InChI=1S/C20H20N4O2S/c1-4-18(19(25)21-14-7-5-12(2)6-8-14)27-20-16-11-17-15(9-10-26-17)24(16)13(3)22-23-20/h5-11,18H,4H2,1-3H3,(H,21,25). The Morgan fingerprint density at radius 2 is 1.96 bits per heavy atom. The van der Waals surface area contributed by atoms with E-state index in [0.717, 1.165) is 38.7 Å². The number of hydrogen-bond acceptors (Lipinski definition) is 5. The van der Waals surface area contributed by atoms with Gasteiger partial charge in [0.1, 0.15) is 10.9 Å². The van der Waals surface area contributed by atoms with Crippen molar-refractivity contribution >= 4 is 40.0 Å². The highest BCUT2D eigenvalue weighted by atomic mass is 32.2. The smallest absolute Gasteiger partial charge is 0.237 e. The van der Waals surface area contributed by atoms with Gasteiger partial charge in [0.15, 0.2) is 5.58 Å². The molecule has 0 saturated heterocycles. The molecule has 0 saturated carbocycles. The number of nitrogens with one attached hydrogen (secondary N) is 1. The lowest BCUT2D eigenvalue weighted by Gasteiger charge is -2.15. The van der Waals surface area contributed by atoms with Crippen LogP contribution in [0.2, 0.25) is 0 Å². The molecule has 1 N–H and O–H groups in total. The summed E-state index contributed by atoms with van der Waals surface area (Å²) in [6, 6.07) is 11.6. The number of fused-ring (bicyclic) bond motifs is 3. The van der Waals surface area contributed by atoms with Crippen LogP contribution in [0.15, 0.2) is 52.1 Å². The van der Waals surface area contributed by atoms with Crippen molar-refractivity contribution in [1.29, 1.82) is 0 Å². The van der Waals surface area contributed by atoms with Gasteiger partial charge in [-0.05, 0) is 32.4 Å². The van der Waals surface area contributed by atoms with Gasteiger partial charge in [-0.25, -0.2) is 0 Å². The summed E-state index contributed by atoms with van der Waals surface area (Å²) in [5.74, 6) is 0.741. The summed E-state index contributed by atoms with van der Waals surface area (Å²) in [6.45, 7) is 5.92. The molecule has 4 rings (SSSR count). The summed E-state index contributed by atoms with van der Waals surface area (Å²) >= 11 is 1.43. The van der Waals surface area contributed by atoms with Crippen molar-refractivity contribution in [2.24, 2.45) is 0 Å². The van der Waals surface area contributed by atoms with E-state index >= 15 is 0 Å². The second kappa shape index (κ2) is 7.08. The van der Waals surface area contributed by atoms with Gasteiger partial charge in [-0.15, -0.1) is 10.2 Å². The van der Waals surface area contributed by atoms with E-state index in [0.29, 0.717) is 6.42 Å². The predicted molar refractivity (Wildman–Crippen MR) is 107 cm³/mol. The van der Waals surface area contributed by atoms with Gasteiger partial charge in [0, 0.05) is 17.8 Å². The molecular weight excluding hydrogens is 360 g/mol. The highest BCUT2D eigenvalue weighted by Crippen LogP contribution is 2.32. The SMILES string of the molecule is CCC(Sc1nnc(C)n2c1cc1occc12)C(=O)Nc1ccc(C)cc1. The summed E-state index contributed by atoms with van der Waals surface area (Å²) in [6.07, 6.45) is 2.34. The Bertz CT molecular complexity index is 1110. The Morgan fingerprint density at radius 1 is 1.19 bits per heavy atom. The molecule has 1 amide bonds. The minimum absolute atomic E-state index is 0.0397. The summed E-state index contributed by atoms with van der Waals surface area (Å²) in [4.78, 5) is 12.8. The number of nitrogens with zero attached hydrogens (tertiary/aromatic N) is 3. The zero-order valence-electron chi connectivity index (χ0n) is 15.4. The van der Waals surface area contributed by atoms with Crippen molar-refractivity contribution in [2.75, 3.05) is 5.32 Å². The number of carbonyl (C=O) groups excluding carboxylic acids is 1. The molecule has 1 unspecified atom stereocenters. The van der Waals surface area contributed by atoms with Gasteiger partial charge in [-0.3, -0.25) is 9.20 Å². The third-order valence-corrected chi connectivity index (χ3v) is 5.83. The Kier molecular flexibility index (Phi) is 4.61. The molecule has 4 aromatic rings. The van der Waals surface area contributed by atoms with Crippen molar-refractivity contribution in [3.63, 3.8) is 0 Å². The van der Waals surface area contributed by atoms with Crippen LogP contribution < -0.4 is 5.32 Å². The van der Waals surface area contributed by atoms with E-state index in [-0.39, 0.29) is 11.2 Å². The summed E-state index contributed by atoms with van der Waals surface area (Å²) in [5.41, 5.74) is 4.60. The van der Waals surface area contributed by atoms with E-state index in [1.165, 1.54) is 11.8 Å². The van der Waals surface area contributed by atoms with Crippen LogP contribution >= 0.6 is 11.8 Å². The van der Waals surface area contributed by atoms with Crippen LogP contribution in [-0.2, 0) is 4.79 Å². The van der Waals surface area contributed by atoms with Gasteiger partial charge in [0.25, 0.3) is 0 Å². The fourth-order valence-electron chi connectivity index (χ4n) is 3.05. The summed E-state index contributed by atoms with van der Waals surface area (Å²) < 4.78 is 7.53. The molecule has 7 heteroatoms. The molecule has 0 aliphatic heterocycles. The fraction of sp³-hybridized carbons (Fsp3) is 0.250. The van der Waals surface area contributed by atoms with Gasteiger partial charge in [-0.2, -0.15) is 0 Å². The highest BCUT2D eigenvalue weighted by Gasteiger charge is 2.22. The number of carbonyl (C=O) groups is 1. The average molecular weight is 380 g/mol. The Balaban J connectivity index is 1.62. The first-order valence-corrected chi connectivity index (χ1v) is 9.71. The lowest BCUT2D eigenvalue weighted by atomic mass is 10.2. The number of aromatic nitrogens is 3. The highest BCUT2D eigenvalue weighted by molar-refractivity contribution is 8.00. The monoisotopic (exact) mass is 380 g/mol. The van der Waals surface area contributed by atoms with E-state index in [9.17, 15) is 4.79 Å². The molecule has 0 radical (unpaired) electrons. The minimum atomic E-state index is -0.270. The van der Waals surface area contributed by atoms with Crippen molar-refractivity contribution in [2.45, 2.75) is 37.5 Å². The maximum atomic E-state index is 12.8. The number of anilines is 1. The molecule has 0 aliphatic rings. The molecule has 0 bridgehead atoms. The van der Waals surface area contributed by atoms with E-state index in [1.54, 1.807) is 6.26 Å². The number of hydrogen-bond donors (Lipinski definition) is 1. The van der Waals surface area contributed by atoms with Crippen molar-refractivity contribution in [3.05, 3.63) is 54.0 Å². The second-order valence-electron chi connectivity index (χ2n) is 6.46. The Morgan fingerprint density at radius 3 is 2.70 bits per heavy atom. The van der Waals surface area contributed by atoms with Crippen molar-refractivity contribution < 1.29 is 9.21 Å². The quantitative estimate of drug-likeness (QED) is 0.512. The van der Waals surface area contributed by atoms with Crippen LogP contribution in [0.3, 0.4) is 0 Å². The molecule has 6 nitrogen and oxygen atoms in total. The zero-order valence-corrected chi connectivity index (χ0v) is 16.2. The van der Waals surface area contributed by atoms with Crippen LogP contribution in [0.25, 0.3) is 16.6 Å². The first-order chi connectivity index (χ1) is 13.1. The number of aryl methyl sites for hydroxylation is 2. The molecule has 3 aromatic heterocycles. The van der Waals surface area contributed by atoms with Gasteiger partial charge in [-0.1, -0.05) is 36.4 Å². The third kappa shape index (κ3) is 3.30. The molecule has 0 spiro atoms. The zero-order chi connectivity index (χ0) is 19.0. The minimum Gasteiger partial charge on any atom is -0.463 e. The lowest BCUT2D eigenvalue weighted by Crippen LogP contribution is -2.24. The summed E-state index contributed by atoms with van der Waals surface area (Å²) in [7, 11) is 0. The van der Waals surface area contributed by atoms with E-state index < -0.39 is 0 Å². The van der Waals surface area contributed by atoms with Gasteiger partial charge < -0.3 is 9.73 Å². The predicted octanol–water partition coefficient (Wildman–Crippen LogP) is 4.60. The third-order valence-electron chi connectivity index (χ3n) is 4.49. The van der Waals surface area contributed by atoms with Gasteiger partial charge in [0.2, 0.25) is 5.91 Å². The first kappa shape index (κ1) is 17.6. The topological polar surface area (TPSA) is 72.4 Å². The van der Waals surface area contributed by atoms with Crippen LogP contribution in [0.4, 0.5) is 5.69 Å². The van der Waals surface area contributed by atoms with Crippen molar-refractivity contribution in [3.8, 4) is 0 Å². The molecule has 3 heterocycles. The number of amides is 1. The largest absolute Gasteiger partial charge is 0.463 e. The molecule has 27 heavy (non-hydrogen) atoms. The maximum absolute atomic E-state index is 12.8. The number of thioether (sulfide) groups is 1. The fourth-order valence-corrected chi connectivity index (χ4v) is 4.01. The Hall–Kier alpha value is -2.80. The van der Waals surface area contributed by atoms with E-state index in [4.69, 9.17) is 4.42 Å². The molecule has 0 aliphatic carbocycles. The maximum Gasteiger partial charge on any atom is 0.237 e. The van der Waals surface area contributed by atoms with Crippen LogP contribution in [0, 0.1) is 13.8 Å². The van der Waals surface area contributed by atoms with Crippen molar-refractivity contribution in [1.82, 2.24) is 14.6 Å². The van der Waals surface area contributed by atoms with Crippen LogP contribution in [0.1, 0.15) is 24.7 Å². The Labute approximate surface area is 161 Å². The second-order valence-corrected chi connectivity index (χ2v) is 7.65. The van der Waals surface area contributed by atoms with Crippen LogP contribution in [-0.4, -0.2) is 25.8 Å². The van der Waals surface area contributed by atoms with Crippen LogP contribution in [0.5, 0.6) is 0 Å². The molecule has 0 fully saturated rings. The normalized spacial score (nSPS) is 12.6. The van der Waals surface area contributed by atoms with Gasteiger partial charge >= 0.3 is 0 Å². The van der Waals surface area contributed by atoms with E-state index in [2.05, 4.69) is 15.5 Å². The number of rotatable bonds is 5.